The lowest BCUT2D eigenvalue weighted by Crippen LogP contribution is -2.46. The van der Waals surface area contributed by atoms with Gasteiger partial charge in [0.05, 0.1) is 12.7 Å². The van der Waals surface area contributed by atoms with E-state index in [1.165, 1.54) is 6.42 Å². The third kappa shape index (κ3) is 2.42. The van der Waals surface area contributed by atoms with Crippen LogP contribution >= 0.6 is 0 Å². The molecule has 1 unspecified atom stereocenters. The summed E-state index contributed by atoms with van der Waals surface area (Å²) in [7, 11) is 0. The van der Waals surface area contributed by atoms with E-state index in [9.17, 15) is 5.11 Å². The molecule has 0 amide bonds. The summed E-state index contributed by atoms with van der Waals surface area (Å²) >= 11 is 0. The number of ether oxygens (including phenoxy) is 1. The molecule has 1 saturated heterocycles. The Balaban J connectivity index is 1.75. The predicted octanol–water partition coefficient (Wildman–Crippen LogP) is 0.668. The van der Waals surface area contributed by atoms with Crippen molar-refractivity contribution in [3.8, 4) is 0 Å². The first-order valence-electron chi connectivity index (χ1n) is 5.38. The summed E-state index contributed by atoms with van der Waals surface area (Å²) in [6.07, 6.45) is 5.47. The molecule has 2 aliphatic rings. The van der Waals surface area contributed by atoms with Gasteiger partial charge in [-0.2, -0.15) is 0 Å². The number of nitrogens with one attached hydrogen (secondary N) is 1. The zero-order valence-electron chi connectivity index (χ0n) is 8.04. The lowest BCUT2D eigenvalue weighted by molar-refractivity contribution is 0.0559. The Morgan fingerprint density at radius 1 is 1.15 bits per heavy atom. The Bertz CT molecular complexity index is 157. The molecular formula is C10H19NO2. The van der Waals surface area contributed by atoms with E-state index in [2.05, 4.69) is 5.32 Å². The molecule has 1 aliphatic carbocycles. The highest BCUT2D eigenvalue weighted by Crippen LogP contribution is 2.20. The molecule has 3 heteroatoms. The Hall–Kier alpha value is -0.120. The van der Waals surface area contributed by atoms with Crippen LogP contribution in [0.2, 0.25) is 0 Å². The van der Waals surface area contributed by atoms with Crippen molar-refractivity contribution >= 4 is 0 Å². The summed E-state index contributed by atoms with van der Waals surface area (Å²) in [6.45, 7) is 1.73. The van der Waals surface area contributed by atoms with Crippen LogP contribution in [0.3, 0.4) is 0 Å². The molecule has 0 spiro atoms. The third-order valence-electron chi connectivity index (χ3n) is 3.09. The van der Waals surface area contributed by atoms with Crippen molar-refractivity contribution in [1.82, 2.24) is 5.32 Å². The number of hydrogen-bond acceptors (Lipinski definition) is 3. The van der Waals surface area contributed by atoms with Crippen LogP contribution in [0.4, 0.5) is 0 Å². The van der Waals surface area contributed by atoms with Gasteiger partial charge in [-0.05, 0) is 32.1 Å². The average Bonchev–Trinajstić information content (AvgIpc) is 2.54. The molecule has 1 aliphatic heterocycles. The highest BCUT2D eigenvalue weighted by atomic mass is 16.5. The lowest BCUT2D eigenvalue weighted by atomic mass is 10.1. The molecule has 2 N–H and O–H groups in total. The smallest absolute Gasteiger partial charge is 0.0693 e. The van der Waals surface area contributed by atoms with Crippen LogP contribution in [0.25, 0.3) is 0 Å². The van der Waals surface area contributed by atoms with Crippen LogP contribution in [-0.4, -0.2) is 36.5 Å². The van der Waals surface area contributed by atoms with Crippen LogP contribution in [0.1, 0.15) is 32.1 Å². The van der Waals surface area contributed by atoms with E-state index in [1.54, 1.807) is 0 Å². The molecule has 1 heterocycles. The normalized spacial score (nSPS) is 40.8. The first kappa shape index (κ1) is 9.44. The fourth-order valence-corrected chi connectivity index (χ4v) is 2.31. The molecule has 0 aromatic carbocycles. The summed E-state index contributed by atoms with van der Waals surface area (Å²) in [4.78, 5) is 0. The Morgan fingerprint density at radius 3 is 2.69 bits per heavy atom. The molecule has 2 fully saturated rings. The summed E-state index contributed by atoms with van der Waals surface area (Å²) in [5.41, 5.74) is 0. The van der Waals surface area contributed by atoms with Crippen LogP contribution in [0.15, 0.2) is 0 Å². The van der Waals surface area contributed by atoms with Crippen LogP contribution < -0.4 is 5.32 Å². The van der Waals surface area contributed by atoms with Crippen LogP contribution in [-0.2, 0) is 4.74 Å². The molecule has 1 saturated carbocycles. The van der Waals surface area contributed by atoms with Gasteiger partial charge in [-0.1, -0.05) is 0 Å². The topological polar surface area (TPSA) is 41.5 Å². The second kappa shape index (κ2) is 4.40. The molecule has 13 heavy (non-hydrogen) atoms. The van der Waals surface area contributed by atoms with E-state index >= 15 is 0 Å². The molecule has 76 valence electrons. The number of rotatable bonds is 2. The highest BCUT2D eigenvalue weighted by Gasteiger charge is 2.27. The Morgan fingerprint density at radius 2 is 2.08 bits per heavy atom. The van der Waals surface area contributed by atoms with E-state index in [0.29, 0.717) is 12.1 Å². The van der Waals surface area contributed by atoms with Gasteiger partial charge in [0.15, 0.2) is 0 Å². The number of hydrogen-bond donors (Lipinski definition) is 2. The molecule has 0 radical (unpaired) electrons. The Labute approximate surface area is 79.5 Å². The molecular weight excluding hydrogens is 166 g/mol. The van der Waals surface area contributed by atoms with Crippen molar-refractivity contribution in [2.75, 3.05) is 13.2 Å². The van der Waals surface area contributed by atoms with Gasteiger partial charge >= 0.3 is 0 Å². The maximum absolute atomic E-state index is 9.62. The minimum absolute atomic E-state index is 0.123. The van der Waals surface area contributed by atoms with Gasteiger partial charge < -0.3 is 15.2 Å². The van der Waals surface area contributed by atoms with Gasteiger partial charge in [-0.15, -0.1) is 0 Å². The summed E-state index contributed by atoms with van der Waals surface area (Å²) in [5.74, 6) is 0. The molecule has 2 rings (SSSR count). The monoisotopic (exact) mass is 185 g/mol. The molecule has 0 aromatic rings. The fourth-order valence-electron chi connectivity index (χ4n) is 2.31. The zero-order chi connectivity index (χ0) is 9.10. The number of aliphatic hydroxyl groups excluding tert-OH is 1. The standard InChI is InChI=1S/C10H19NO2/c12-10-5-1-4-9(10)11-8-3-2-6-13-7-8/h8-12H,1-7H2/t8?,9-,10-/m1/s1. The van der Waals surface area contributed by atoms with E-state index in [4.69, 9.17) is 4.74 Å². The van der Waals surface area contributed by atoms with Gasteiger partial charge in [-0.25, -0.2) is 0 Å². The van der Waals surface area contributed by atoms with Crippen LogP contribution in [0.5, 0.6) is 0 Å². The summed E-state index contributed by atoms with van der Waals surface area (Å²) in [6, 6.07) is 0.804. The van der Waals surface area contributed by atoms with Crippen molar-refractivity contribution < 1.29 is 9.84 Å². The van der Waals surface area contributed by atoms with E-state index < -0.39 is 0 Å². The second-order valence-electron chi connectivity index (χ2n) is 4.19. The lowest BCUT2D eigenvalue weighted by Gasteiger charge is -2.27. The molecule has 0 aromatic heterocycles. The average molecular weight is 185 g/mol. The number of aliphatic hydroxyl groups is 1. The van der Waals surface area contributed by atoms with Crippen molar-refractivity contribution in [1.29, 1.82) is 0 Å². The molecule has 3 nitrogen and oxygen atoms in total. The predicted molar refractivity (Wildman–Crippen MR) is 50.6 cm³/mol. The SMILES string of the molecule is O[C@@H]1CCC[C@H]1NC1CCCOC1. The maximum atomic E-state index is 9.62. The van der Waals surface area contributed by atoms with Gasteiger partial charge in [0.1, 0.15) is 0 Å². The molecule has 3 atom stereocenters. The van der Waals surface area contributed by atoms with Gasteiger partial charge in [0.25, 0.3) is 0 Å². The van der Waals surface area contributed by atoms with Gasteiger partial charge in [0, 0.05) is 18.7 Å². The fraction of sp³-hybridized carbons (Fsp3) is 1.00. The van der Waals surface area contributed by atoms with Crippen molar-refractivity contribution in [3.05, 3.63) is 0 Å². The maximum Gasteiger partial charge on any atom is 0.0693 e. The van der Waals surface area contributed by atoms with Gasteiger partial charge in [0.2, 0.25) is 0 Å². The first-order valence-corrected chi connectivity index (χ1v) is 5.38. The highest BCUT2D eigenvalue weighted by molar-refractivity contribution is 4.86. The van der Waals surface area contributed by atoms with E-state index in [0.717, 1.165) is 38.9 Å². The summed E-state index contributed by atoms with van der Waals surface area (Å²) < 4.78 is 5.38. The molecule has 0 bridgehead atoms. The largest absolute Gasteiger partial charge is 0.392 e. The van der Waals surface area contributed by atoms with E-state index in [1.807, 2.05) is 0 Å². The summed E-state index contributed by atoms with van der Waals surface area (Å²) in [5, 5.41) is 13.1. The van der Waals surface area contributed by atoms with Gasteiger partial charge in [-0.3, -0.25) is 0 Å². The van der Waals surface area contributed by atoms with E-state index in [-0.39, 0.29) is 6.10 Å². The van der Waals surface area contributed by atoms with Crippen molar-refractivity contribution in [2.24, 2.45) is 0 Å². The van der Waals surface area contributed by atoms with Crippen LogP contribution in [0, 0.1) is 0 Å². The Kier molecular flexibility index (Phi) is 3.19. The minimum Gasteiger partial charge on any atom is -0.392 e. The minimum atomic E-state index is -0.123. The second-order valence-corrected chi connectivity index (χ2v) is 4.19. The van der Waals surface area contributed by atoms with Crippen molar-refractivity contribution in [2.45, 2.75) is 50.3 Å². The third-order valence-corrected chi connectivity index (χ3v) is 3.09. The zero-order valence-corrected chi connectivity index (χ0v) is 8.04. The quantitative estimate of drug-likeness (QED) is 0.664. The first-order chi connectivity index (χ1) is 6.36. The van der Waals surface area contributed by atoms with Crippen molar-refractivity contribution in [3.63, 3.8) is 0 Å².